The van der Waals surface area contributed by atoms with Crippen molar-refractivity contribution in [2.75, 3.05) is 25.6 Å². The van der Waals surface area contributed by atoms with Crippen LogP contribution in [0.2, 0.25) is 0 Å². The average molecular weight is 326 g/mol. The van der Waals surface area contributed by atoms with E-state index in [-0.39, 0.29) is 18.2 Å². The van der Waals surface area contributed by atoms with Gasteiger partial charge >= 0.3 is 0 Å². The molecule has 4 nitrogen and oxygen atoms in total. The lowest BCUT2D eigenvalue weighted by Gasteiger charge is -2.15. The summed E-state index contributed by atoms with van der Waals surface area (Å²) in [7, 11) is -1.43. The van der Waals surface area contributed by atoms with E-state index in [0.717, 1.165) is 10.0 Å². The van der Waals surface area contributed by atoms with Crippen molar-refractivity contribution >= 4 is 43.0 Å². The molecule has 7 heteroatoms. The van der Waals surface area contributed by atoms with Gasteiger partial charge in [0.2, 0.25) is 0 Å². The van der Waals surface area contributed by atoms with Crippen LogP contribution in [0.5, 0.6) is 0 Å². The summed E-state index contributed by atoms with van der Waals surface area (Å²) in [5.41, 5.74) is 0.577. The second kappa shape index (κ2) is 5.29. The summed E-state index contributed by atoms with van der Waals surface area (Å²) < 4.78 is 22.8. The first-order valence-electron chi connectivity index (χ1n) is 4.47. The molecule has 1 heterocycles. The molecule has 16 heavy (non-hydrogen) atoms. The monoisotopic (exact) mass is 325 g/mol. The highest BCUT2D eigenvalue weighted by atomic mass is 79.9. The Labute approximate surface area is 107 Å². The van der Waals surface area contributed by atoms with E-state index in [0.29, 0.717) is 5.56 Å². The van der Waals surface area contributed by atoms with Gasteiger partial charge in [-0.05, 0) is 22.0 Å². The van der Waals surface area contributed by atoms with E-state index >= 15 is 0 Å². The molecule has 90 valence electrons. The number of amides is 1. The number of nitrogens with zero attached hydrogens (tertiary/aromatic N) is 1. The standard InChI is InChI=1S/C9H12BrNO3S2/c1-11(3-4-16(2,13)14)9(12)7-5-8(10)15-6-7/h5-6H,3-4H2,1-2H3. The molecule has 0 bridgehead atoms. The Morgan fingerprint density at radius 1 is 1.56 bits per heavy atom. The third kappa shape index (κ3) is 4.23. The van der Waals surface area contributed by atoms with E-state index in [1.807, 2.05) is 0 Å². The SMILES string of the molecule is CN(CCS(C)(=O)=O)C(=O)c1csc(Br)c1. The van der Waals surface area contributed by atoms with E-state index in [2.05, 4.69) is 15.9 Å². The lowest BCUT2D eigenvalue weighted by atomic mass is 10.3. The van der Waals surface area contributed by atoms with E-state index < -0.39 is 9.84 Å². The summed E-state index contributed by atoms with van der Waals surface area (Å²) >= 11 is 4.70. The third-order valence-electron chi connectivity index (χ3n) is 1.96. The Morgan fingerprint density at radius 3 is 2.62 bits per heavy atom. The van der Waals surface area contributed by atoms with E-state index in [1.54, 1.807) is 18.5 Å². The van der Waals surface area contributed by atoms with Crippen LogP contribution < -0.4 is 0 Å². The van der Waals surface area contributed by atoms with Crippen LogP contribution in [0.25, 0.3) is 0 Å². The summed E-state index contributed by atoms with van der Waals surface area (Å²) in [6.45, 7) is 0.213. The zero-order valence-electron chi connectivity index (χ0n) is 8.94. The first-order chi connectivity index (χ1) is 7.29. The Morgan fingerprint density at radius 2 is 2.19 bits per heavy atom. The van der Waals surface area contributed by atoms with Gasteiger partial charge in [-0.25, -0.2) is 8.42 Å². The van der Waals surface area contributed by atoms with Crippen LogP contribution in [-0.2, 0) is 9.84 Å². The molecule has 0 saturated carbocycles. The largest absolute Gasteiger partial charge is 0.341 e. The van der Waals surface area contributed by atoms with Crippen LogP contribution >= 0.6 is 27.3 Å². The van der Waals surface area contributed by atoms with Crippen molar-refractivity contribution in [1.82, 2.24) is 4.90 Å². The van der Waals surface area contributed by atoms with Crippen LogP contribution in [0.1, 0.15) is 10.4 Å². The summed E-state index contributed by atoms with van der Waals surface area (Å²) in [6.07, 6.45) is 1.16. The zero-order valence-corrected chi connectivity index (χ0v) is 12.2. The van der Waals surface area contributed by atoms with E-state index in [9.17, 15) is 13.2 Å². The minimum Gasteiger partial charge on any atom is -0.341 e. The van der Waals surface area contributed by atoms with Gasteiger partial charge in [-0.2, -0.15) is 0 Å². The molecule has 0 aromatic carbocycles. The molecule has 0 atom stereocenters. The van der Waals surface area contributed by atoms with Crippen molar-refractivity contribution < 1.29 is 13.2 Å². The van der Waals surface area contributed by atoms with Gasteiger partial charge < -0.3 is 4.90 Å². The molecule has 0 saturated heterocycles. The molecule has 0 spiro atoms. The van der Waals surface area contributed by atoms with Crippen LogP contribution in [0.15, 0.2) is 15.2 Å². The summed E-state index contributed by atoms with van der Waals surface area (Å²) in [5.74, 6) is -0.175. The first kappa shape index (κ1) is 13.7. The lowest BCUT2D eigenvalue weighted by molar-refractivity contribution is 0.0804. The molecule has 1 aromatic rings. The zero-order chi connectivity index (χ0) is 12.3. The molecular weight excluding hydrogens is 314 g/mol. The fraction of sp³-hybridized carbons (Fsp3) is 0.444. The quantitative estimate of drug-likeness (QED) is 0.845. The Bertz CT molecular complexity index is 481. The third-order valence-corrected chi connectivity index (χ3v) is 4.39. The molecule has 0 fully saturated rings. The number of halogens is 1. The van der Waals surface area contributed by atoms with E-state index in [4.69, 9.17) is 0 Å². The molecule has 0 aliphatic rings. The summed E-state index contributed by atoms with van der Waals surface area (Å²) in [4.78, 5) is 13.2. The van der Waals surface area contributed by atoms with Crippen LogP contribution in [-0.4, -0.2) is 44.8 Å². The van der Waals surface area contributed by atoms with Crippen molar-refractivity contribution in [2.45, 2.75) is 0 Å². The molecule has 0 aliphatic heterocycles. The Kier molecular flexibility index (Phi) is 4.52. The van der Waals surface area contributed by atoms with Crippen molar-refractivity contribution in [3.05, 3.63) is 20.8 Å². The van der Waals surface area contributed by atoms with Gasteiger partial charge in [-0.15, -0.1) is 11.3 Å². The molecule has 0 N–H and O–H groups in total. The predicted molar refractivity (Wildman–Crippen MR) is 68.7 cm³/mol. The summed E-state index contributed by atoms with van der Waals surface area (Å²) in [5, 5.41) is 1.74. The second-order valence-corrected chi connectivity index (χ2v) is 8.05. The molecule has 1 rings (SSSR count). The normalized spacial score (nSPS) is 11.4. The number of carbonyl (C=O) groups excluding carboxylic acids is 1. The predicted octanol–water partition coefficient (Wildman–Crippen LogP) is 1.63. The highest BCUT2D eigenvalue weighted by Crippen LogP contribution is 2.21. The summed E-state index contributed by atoms with van der Waals surface area (Å²) in [6, 6.07) is 1.73. The number of thiophene rings is 1. The minimum atomic E-state index is -3.03. The van der Waals surface area contributed by atoms with Gasteiger partial charge in [0.15, 0.2) is 0 Å². The van der Waals surface area contributed by atoms with Crippen LogP contribution in [0, 0.1) is 0 Å². The van der Waals surface area contributed by atoms with E-state index in [1.165, 1.54) is 16.2 Å². The molecular formula is C9H12BrNO3S2. The van der Waals surface area contributed by atoms with Crippen LogP contribution in [0.3, 0.4) is 0 Å². The molecule has 1 aromatic heterocycles. The molecule has 0 aliphatic carbocycles. The van der Waals surface area contributed by atoms with Gasteiger partial charge in [0.1, 0.15) is 9.84 Å². The van der Waals surface area contributed by atoms with Crippen molar-refractivity contribution in [1.29, 1.82) is 0 Å². The highest BCUT2D eigenvalue weighted by Gasteiger charge is 2.14. The lowest BCUT2D eigenvalue weighted by Crippen LogP contribution is -2.31. The Hall–Kier alpha value is -0.400. The average Bonchev–Trinajstić information content (AvgIpc) is 2.59. The highest BCUT2D eigenvalue weighted by molar-refractivity contribution is 9.11. The number of hydrogen-bond donors (Lipinski definition) is 0. The minimum absolute atomic E-state index is 0.0133. The van der Waals surface area contributed by atoms with Gasteiger partial charge in [-0.1, -0.05) is 0 Å². The van der Waals surface area contributed by atoms with Crippen LogP contribution in [0.4, 0.5) is 0 Å². The maximum absolute atomic E-state index is 11.8. The maximum Gasteiger partial charge on any atom is 0.254 e. The molecule has 0 unspecified atom stereocenters. The number of hydrogen-bond acceptors (Lipinski definition) is 4. The number of carbonyl (C=O) groups is 1. The van der Waals surface area contributed by atoms with Crippen molar-refractivity contribution in [3.8, 4) is 0 Å². The van der Waals surface area contributed by atoms with Gasteiger partial charge in [0, 0.05) is 25.2 Å². The maximum atomic E-state index is 11.8. The number of sulfone groups is 1. The molecule has 1 amide bonds. The van der Waals surface area contributed by atoms with Gasteiger partial charge in [0.25, 0.3) is 5.91 Å². The first-order valence-corrected chi connectivity index (χ1v) is 8.20. The number of rotatable bonds is 4. The second-order valence-electron chi connectivity index (χ2n) is 3.50. The fourth-order valence-electron chi connectivity index (χ4n) is 1.05. The smallest absolute Gasteiger partial charge is 0.254 e. The molecule has 0 radical (unpaired) electrons. The van der Waals surface area contributed by atoms with Gasteiger partial charge in [0.05, 0.1) is 15.1 Å². The van der Waals surface area contributed by atoms with Crippen molar-refractivity contribution in [3.63, 3.8) is 0 Å². The Balaban J connectivity index is 2.61. The fourth-order valence-corrected chi connectivity index (χ4v) is 2.78. The topological polar surface area (TPSA) is 54.5 Å². The van der Waals surface area contributed by atoms with Crippen molar-refractivity contribution in [2.24, 2.45) is 0 Å². The van der Waals surface area contributed by atoms with Gasteiger partial charge in [-0.3, -0.25) is 4.79 Å².